The highest BCUT2D eigenvalue weighted by Crippen LogP contribution is 2.43. The summed E-state index contributed by atoms with van der Waals surface area (Å²) in [5.41, 5.74) is -6.18. The first-order valence-corrected chi connectivity index (χ1v) is 27.7. The molecular formula is C52H88FN3O16S. The predicted molar refractivity (Wildman–Crippen MR) is 268 cm³/mol. The molecule has 420 valence electrons. The number of nitrogens with zero attached hydrogens (tertiary/aromatic N) is 1. The first-order chi connectivity index (χ1) is 33.8. The number of carbonyl (C=O) groups excluding carboxylic acids is 3. The zero-order valence-corrected chi connectivity index (χ0v) is 46.3. The van der Waals surface area contributed by atoms with Crippen LogP contribution in [0.2, 0.25) is 0 Å². The summed E-state index contributed by atoms with van der Waals surface area (Å²) in [6.07, 6.45) is -8.99. The first kappa shape index (κ1) is 62.8. The van der Waals surface area contributed by atoms with Crippen LogP contribution in [0, 0.1) is 23.7 Å². The maximum atomic E-state index is 14.3. The van der Waals surface area contributed by atoms with E-state index in [1.165, 1.54) is 46.9 Å². The molecule has 3 saturated heterocycles. The number of carbonyl (C=O) groups is 3. The van der Waals surface area contributed by atoms with E-state index in [0.717, 1.165) is 12.7 Å². The van der Waals surface area contributed by atoms with Gasteiger partial charge in [-0.1, -0.05) is 39.8 Å². The van der Waals surface area contributed by atoms with Crippen LogP contribution < -0.4 is 10.6 Å². The van der Waals surface area contributed by atoms with Crippen molar-refractivity contribution in [3.8, 4) is 0 Å². The monoisotopic (exact) mass is 1060 g/mol. The van der Waals surface area contributed by atoms with Crippen molar-refractivity contribution in [1.29, 1.82) is 0 Å². The second-order valence-corrected chi connectivity index (χ2v) is 24.1. The van der Waals surface area contributed by atoms with Gasteiger partial charge in [0.05, 0.1) is 53.0 Å². The van der Waals surface area contributed by atoms with Crippen LogP contribution in [0.15, 0.2) is 29.2 Å². The van der Waals surface area contributed by atoms with Crippen LogP contribution in [0.1, 0.15) is 114 Å². The third kappa shape index (κ3) is 15.0. The molecule has 73 heavy (non-hydrogen) atoms. The van der Waals surface area contributed by atoms with Crippen LogP contribution in [0.5, 0.6) is 0 Å². The number of ether oxygens (including phenoxy) is 6. The fourth-order valence-electron chi connectivity index (χ4n) is 10.8. The normalized spacial score (nSPS) is 39.9. The Morgan fingerprint density at radius 2 is 1.58 bits per heavy atom. The fourth-order valence-corrected chi connectivity index (χ4v) is 11.4. The van der Waals surface area contributed by atoms with Crippen LogP contribution in [0.3, 0.4) is 0 Å². The maximum absolute atomic E-state index is 14.3. The average molecular weight is 1060 g/mol. The van der Waals surface area contributed by atoms with Crippen LogP contribution >= 0.6 is 0 Å². The molecule has 3 aliphatic rings. The van der Waals surface area contributed by atoms with Gasteiger partial charge in [-0.15, -0.1) is 0 Å². The Bertz CT molecular complexity index is 2090. The maximum Gasteiger partial charge on any atom is 0.311 e. The number of ketones is 1. The van der Waals surface area contributed by atoms with Gasteiger partial charge in [0.1, 0.15) is 41.5 Å². The van der Waals surface area contributed by atoms with Crippen LogP contribution in [-0.2, 0) is 59.1 Å². The van der Waals surface area contributed by atoms with Gasteiger partial charge in [-0.3, -0.25) is 14.4 Å². The molecule has 0 radical (unpaired) electrons. The summed E-state index contributed by atoms with van der Waals surface area (Å²) in [5, 5.41) is 66.0. The molecule has 21 heteroatoms. The quantitative estimate of drug-likeness (QED) is 0.0823. The molecule has 4 rings (SSSR count). The predicted octanol–water partition coefficient (Wildman–Crippen LogP) is 2.63. The van der Waals surface area contributed by atoms with Crippen molar-refractivity contribution >= 4 is 27.5 Å². The highest BCUT2D eigenvalue weighted by atomic mass is 32.2. The molecule has 3 heterocycles. The number of benzene rings is 1. The van der Waals surface area contributed by atoms with Crippen molar-refractivity contribution in [3.63, 3.8) is 0 Å². The number of hydrogen-bond donors (Lipinski definition) is 7. The molecule has 19 atom stereocenters. The molecule has 7 N–H and O–H groups in total. The highest BCUT2D eigenvalue weighted by Gasteiger charge is 2.58. The molecule has 19 nitrogen and oxygen atoms in total. The number of nitrogens with one attached hydrogen (secondary N) is 2. The van der Waals surface area contributed by atoms with Crippen LogP contribution in [0.4, 0.5) is 4.39 Å². The van der Waals surface area contributed by atoms with Crippen molar-refractivity contribution in [2.24, 2.45) is 23.7 Å². The SMILES string of the molecule is CCCNCC1(O)[C@H](C)O[C@@H](O[C@H]2[C@H](C)[C@@H](O[C@@H]3O[C@H](C)C[C@H](N(C)CCC(=O)N[C@H](CF)Cc4ccc(S(C)(=O)=O)cc4)[C@H]3O)C(C)(O)C[C@@H](C)C(=O)[C@H](C)[C@@H](O)C(C)(O)[C@@H](C)OC(=O)[C@@H]2C)CC1(C)OC. The Kier molecular flexibility index (Phi) is 22.0. The minimum absolute atomic E-state index is 0.0185. The van der Waals surface area contributed by atoms with E-state index >= 15 is 0 Å². The van der Waals surface area contributed by atoms with Crippen molar-refractivity contribution in [1.82, 2.24) is 15.5 Å². The second-order valence-electron chi connectivity index (χ2n) is 22.0. The lowest BCUT2D eigenvalue weighted by Crippen LogP contribution is -2.70. The first-order valence-electron chi connectivity index (χ1n) is 25.8. The number of likely N-dealkylation sites (N-methyl/N-ethyl adjacent to an activating group) is 1. The Balaban J connectivity index is 1.67. The number of hydrogen-bond acceptors (Lipinski definition) is 18. The van der Waals surface area contributed by atoms with Crippen LogP contribution in [-0.4, -0.2) is 193 Å². The number of amides is 1. The molecule has 0 bridgehead atoms. The van der Waals surface area contributed by atoms with Crippen molar-refractivity contribution in [2.75, 3.05) is 46.7 Å². The van der Waals surface area contributed by atoms with Gasteiger partial charge in [-0.05, 0) is 105 Å². The Morgan fingerprint density at radius 1 is 0.945 bits per heavy atom. The number of Topliss-reactive ketones (excluding diaryl/α,β-unsaturated/α-hetero) is 1. The topological polar surface area (TPSA) is 269 Å². The van der Waals surface area contributed by atoms with Crippen molar-refractivity contribution in [2.45, 2.75) is 209 Å². The van der Waals surface area contributed by atoms with E-state index in [0.29, 0.717) is 18.5 Å². The number of cyclic esters (lactones) is 1. The third-order valence-corrected chi connectivity index (χ3v) is 17.1. The van der Waals surface area contributed by atoms with Gasteiger partial charge in [0, 0.05) is 63.1 Å². The van der Waals surface area contributed by atoms with E-state index < -0.39 is 148 Å². The number of sulfone groups is 1. The third-order valence-electron chi connectivity index (χ3n) is 15.9. The molecule has 0 spiro atoms. The van der Waals surface area contributed by atoms with E-state index in [9.17, 15) is 52.7 Å². The molecule has 3 fully saturated rings. The van der Waals surface area contributed by atoms with E-state index in [4.69, 9.17) is 28.4 Å². The summed E-state index contributed by atoms with van der Waals surface area (Å²) in [5.74, 6) is -6.09. The van der Waals surface area contributed by atoms with Crippen molar-refractivity contribution < 1.29 is 81.1 Å². The van der Waals surface area contributed by atoms with E-state index in [2.05, 4.69) is 10.6 Å². The van der Waals surface area contributed by atoms with Gasteiger partial charge in [0.25, 0.3) is 0 Å². The Morgan fingerprint density at radius 3 is 2.15 bits per heavy atom. The van der Waals surface area contributed by atoms with Gasteiger partial charge in [-0.25, -0.2) is 12.8 Å². The smallest absolute Gasteiger partial charge is 0.311 e. The number of alkyl halides is 1. The Hall–Kier alpha value is -2.77. The molecule has 0 saturated carbocycles. The molecule has 0 aliphatic carbocycles. The van der Waals surface area contributed by atoms with E-state index in [1.54, 1.807) is 65.6 Å². The lowest BCUT2D eigenvalue weighted by Gasteiger charge is -2.53. The van der Waals surface area contributed by atoms with Gasteiger partial charge < -0.3 is 69.5 Å². The molecular weight excluding hydrogens is 974 g/mol. The highest BCUT2D eigenvalue weighted by molar-refractivity contribution is 7.90. The van der Waals surface area contributed by atoms with Crippen molar-refractivity contribution in [3.05, 3.63) is 29.8 Å². The molecule has 1 aromatic carbocycles. The average Bonchev–Trinajstić information content (AvgIpc) is 3.32. The van der Waals surface area contributed by atoms with Gasteiger partial charge in [-0.2, -0.15) is 0 Å². The zero-order chi connectivity index (χ0) is 55.2. The van der Waals surface area contributed by atoms with Gasteiger partial charge in [0.15, 0.2) is 22.4 Å². The number of halogens is 1. The summed E-state index contributed by atoms with van der Waals surface area (Å²) in [6, 6.07) is 4.47. The summed E-state index contributed by atoms with van der Waals surface area (Å²) < 4.78 is 76.1. The summed E-state index contributed by atoms with van der Waals surface area (Å²) in [6.45, 7) is 17.7. The van der Waals surface area contributed by atoms with Gasteiger partial charge >= 0.3 is 5.97 Å². The lowest BCUT2D eigenvalue weighted by molar-refractivity contribution is -0.336. The van der Waals surface area contributed by atoms with Crippen LogP contribution in [0.25, 0.3) is 0 Å². The van der Waals surface area contributed by atoms with E-state index in [1.807, 2.05) is 6.92 Å². The number of aliphatic hydroxyl groups is 5. The fraction of sp³-hybridized carbons (Fsp3) is 0.827. The molecule has 0 aromatic heterocycles. The number of rotatable bonds is 18. The number of aliphatic hydroxyl groups excluding tert-OH is 2. The standard InChI is InChI=1S/C52H88FN3O16S/c1-15-21-54-28-52(64)35(8)69-41(26-50(52,10)67-13)71-44-32(5)46(49(9,62)25-29(2)42(58)31(4)45(60)51(11,63)34(7)70-47(61)33(44)6)72-48-43(59)39(23-30(3)68-48)56(12)22-20-40(57)55-37(27-53)24-36-16-18-38(19-17-36)73(14,65)66/h16-19,29-35,37,39,41,43-46,48,54,59-60,62-64H,15,20-28H2,1-14H3,(H,55,57)/t29-,30-,31+,32+,33-,34-,35+,37+,39+,41+,43-,44+,45-,46-,48+,49?,50?,51?,52?/m1/s1. The molecule has 1 amide bonds. The second kappa shape index (κ2) is 25.6. The Labute approximate surface area is 432 Å². The molecule has 1 aromatic rings. The largest absolute Gasteiger partial charge is 0.459 e. The summed E-state index contributed by atoms with van der Waals surface area (Å²) >= 11 is 0. The lowest BCUT2D eigenvalue weighted by atomic mass is 9.74. The summed E-state index contributed by atoms with van der Waals surface area (Å²) in [7, 11) is -0.234. The molecule has 4 unspecified atom stereocenters. The number of methoxy groups -OCH3 is 1. The summed E-state index contributed by atoms with van der Waals surface area (Å²) in [4.78, 5) is 43.5. The number of esters is 1. The van der Waals surface area contributed by atoms with Gasteiger partial charge in [0.2, 0.25) is 5.91 Å². The minimum atomic E-state index is -3.42. The minimum Gasteiger partial charge on any atom is -0.459 e. The molecule has 3 aliphatic heterocycles. The zero-order valence-electron chi connectivity index (χ0n) is 45.5. The van der Waals surface area contributed by atoms with E-state index in [-0.39, 0.29) is 43.7 Å².